The van der Waals surface area contributed by atoms with Gasteiger partial charge in [-0.05, 0) is 61.6 Å². The van der Waals surface area contributed by atoms with Crippen LogP contribution in [0.3, 0.4) is 0 Å². The molecule has 172 valence electrons. The third kappa shape index (κ3) is 4.37. The molecule has 1 aliphatic carbocycles. The molecule has 2 atom stereocenters. The Morgan fingerprint density at radius 2 is 2.09 bits per heavy atom. The lowest BCUT2D eigenvalue weighted by Gasteiger charge is -2.22. The van der Waals surface area contributed by atoms with E-state index in [2.05, 4.69) is 15.6 Å². The first-order valence-corrected chi connectivity index (χ1v) is 11.3. The van der Waals surface area contributed by atoms with Gasteiger partial charge in [-0.15, -0.1) is 0 Å². The molecule has 1 saturated carbocycles. The number of hydrogen-bond donors (Lipinski definition) is 2. The normalized spacial score (nSPS) is 21.1. The highest BCUT2D eigenvalue weighted by atomic mass is 19.1. The highest BCUT2D eigenvalue weighted by Crippen LogP contribution is 2.49. The molecule has 2 heterocycles. The molecule has 1 aromatic heterocycles. The van der Waals surface area contributed by atoms with Gasteiger partial charge in [0.15, 0.2) is 0 Å². The van der Waals surface area contributed by atoms with Gasteiger partial charge in [-0.1, -0.05) is 12.1 Å². The average Bonchev–Trinajstić information content (AvgIpc) is 3.48. The largest absolute Gasteiger partial charge is 0.497 e. The van der Waals surface area contributed by atoms with E-state index in [9.17, 15) is 9.18 Å². The van der Waals surface area contributed by atoms with Crippen LogP contribution in [0.5, 0.6) is 11.5 Å². The number of aryl methyl sites for hydroxylation is 1. The fourth-order valence-electron chi connectivity index (χ4n) is 4.57. The summed E-state index contributed by atoms with van der Waals surface area (Å²) in [6.45, 7) is 2.65. The number of amides is 1. The van der Waals surface area contributed by atoms with Crippen molar-refractivity contribution in [2.45, 2.75) is 43.9 Å². The fraction of sp³-hybridized carbons (Fsp3) is 0.385. The predicted octanol–water partition coefficient (Wildman–Crippen LogP) is 4.05. The van der Waals surface area contributed by atoms with Crippen molar-refractivity contribution in [1.82, 2.24) is 15.6 Å². The molecule has 3 aromatic rings. The summed E-state index contributed by atoms with van der Waals surface area (Å²) < 4.78 is 24.7. The van der Waals surface area contributed by atoms with E-state index in [0.29, 0.717) is 30.9 Å². The van der Waals surface area contributed by atoms with Crippen molar-refractivity contribution in [1.29, 1.82) is 0 Å². The van der Waals surface area contributed by atoms with Crippen LogP contribution >= 0.6 is 0 Å². The molecule has 1 saturated heterocycles. The lowest BCUT2D eigenvalue weighted by atomic mass is 9.97. The maximum atomic E-state index is 13.4. The van der Waals surface area contributed by atoms with Crippen LogP contribution in [-0.2, 0) is 5.54 Å². The van der Waals surface area contributed by atoms with Gasteiger partial charge in [-0.3, -0.25) is 9.78 Å². The maximum Gasteiger partial charge on any atom is 0.252 e. The minimum Gasteiger partial charge on any atom is -0.497 e. The number of carbonyl (C=O) groups excluding carboxylic acids is 1. The van der Waals surface area contributed by atoms with Crippen molar-refractivity contribution in [3.05, 3.63) is 65.4 Å². The molecule has 2 fully saturated rings. The summed E-state index contributed by atoms with van der Waals surface area (Å²) in [5, 5.41) is 7.40. The van der Waals surface area contributed by atoms with Crippen LogP contribution in [0.4, 0.5) is 4.39 Å². The number of carbonyl (C=O) groups is 1. The van der Waals surface area contributed by atoms with Crippen molar-refractivity contribution in [3.8, 4) is 11.5 Å². The summed E-state index contributed by atoms with van der Waals surface area (Å²) in [4.78, 5) is 17.8. The van der Waals surface area contributed by atoms with E-state index in [1.807, 2.05) is 43.3 Å². The van der Waals surface area contributed by atoms with Crippen molar-refractivity contribution in [2.75, 3.05) is 20.3 Å². The number of hydrogen-bond acceptors (Lipinski definition) is 5. The Hall–Kier alpha value is -3.19. The summed E-state index contributed by atoms with van der Waals surface area (Å²) in [6.07, 6.45) is 3.08. The minimum atomic E-state index is -0.824. The van der Waals surface area contributed by atoms with Crippen LogP contribution in [0.2, 0.25) is 0 Å². The summed E-state index contributed by atoms with van der Waals surface area (Å²) in [5.74, 6) is 1.19. The summed E-state index contributed by atoms with van der Waals surface area (Å²) in [5.41, 5.74) is 2.87. The van der Waals surface area contributed by atoms with Gasteiger partial charge < -0.3 is 20.1 Å². The first-order valence-electron chi connectivity index (χ1n) is 11.3. The topological polar surface area (TPSA) is 72.5 Å². The summed E-state index contributed by atoms with van der Waals surface area (Å²) in [6, 6.07) is 13.3. The Morgan fingerprint density at radius 1 is 1.24 bits per heavy atom. The van der Waals surface area contributed by atoms with E-state index in [-0.39, 0.29) is 11.9 Å². The number of alkyl halides is 1. The van der Waals surface area contributed by atoms with Crippen molar-refractivity contribution < 1.29 is 18.7 Å². The quantitative estimate of drug-likeness (QED) is 0.569. The predicted molar refractivity (Wildman–Crippen MR) is 125 cm³/mol. The fourth-order valence-corrected chi connectivity index (χ4v) is 4.57. The molecular weight excluding hydrogens is 421 g/mol. The zero-order valence-corrected chi connectivity index (χ0v) is 18.9. The Morgan fingerprint density at radius 3 is 2.82 bits per heavy atom. The Labute approximate surface area is 192 Å². The third-order valence-electron chi connectivity index (χ3n) is 6.62. The van der Waals surface area contributed by atoms with E-state index in [1.54, 1.807) is 19.4 Å². The van der Waals surface area contributed by atoms with Gasteiger partial charge in [0.2, 0.25) is 0 Å². The number of aromatic nitrogens is 1. The summed E-state index contributed by atoms with van der Waals surface area (Å²) in [7, 11) is 1.63. The minimum absolute atomic E-state index is 0.0109. The second-order valence-corrected chi connectivity index (χ2v) is 9.01. The second kappa shape index (κ2) is 8.63. The number of ether oxygens (including phenoxy) is 2. The highest BCUT2D eigenvalue weighted by Gasteiger charge is 2.47. The lowest BCUT2D eigenvalue weighted by Crippen LogP contribution is -2.35. The van der Waals surface area contributed by atoms with Gasteiger partial charge in [0, 0.05) is 35.8 Å². The molecule has 1 amide bonds. The zero-order valence-electron chi connectivity index (χ0n) is 18.9. The SMILES string of the molecule is COc1cc(C2(NC(=O)c3cc(OC[C@H]4C[C@H](F)CN4)ccc3C)CC2)c2cccnc2c1. The van der Waals surface area contributed by atoms with Gasteiger partial charge in [0.25, 0.3) is 5.91 Å². The zero-order chi connectivity index (χ0) is 23.0. The molecule has 7 heteroatoms. The smallest absolute Gasteiger partial charge is 0.252 e. The number of methoxy groups -OCH3 is 1. The lowest BCUT2D eigenvalue weighted by molar-refractivity contribution is 0.0930. The standard InChI is InChI=1S/C26H28FN3O3/c1-16-5-6-19(33-15-18-10-17(27)14-29-18)11-22(16)25(31)30-26(7-8-26)23-12-20(32-2)13-24-21(23)4-3-9-28-24/h3-6,9,11-13,17-18,29H,7-8,10,14-15H2,1-2H3,(H,30,31)/t17-,18+/m0/s1. The van der Waals surface area contributed by atoms with Crippen molar-refractivity contribution in [3.63, 3.8) is 0 Å². The van der Waals surface area contributed by atoms with Gasteiger partial charge >= 0.3 is 0 Å². The van der Waals surface area contributed by atoms with Crippen LogP contribution < -0.4 is 20.1 Å². The van der Waals surface area contributed by atoms with E-state index in [1.165, 1.54) is 0 Å². The highest BCUT2D eigenvalue weighted by molar-refractivity contribution is 5.97. The van der Waals surface area contributed by atoms with Crippen molar-refractivity contribution >= 4 is 16.8 Å². The first kappa shape index (κ1) is 21.6. The average molecular weight is 450 g/mol. The number of nitrogens with one attached hydrogen (secondary N) is 2. The molecule has 0 spiro atoms. The van der Waals surface area contributed by atoms with Crippen LogP contribution in [0.25, 0.3) is 10.9 Å². The number of nitrogens with zero attached hydrogens (tertiary/aromatic N) is 1. The molecule has 0 bridgehead atoms. The number of pyridine rings is 1. The van der Waals surface area contributed by atoms with Crippen LogP contribution in [0, 0.1) is 6.92 Å². The van der Waals surface area contributed by atoms with Crippen LogP contribution in [-0.4, -0.2) is 43.4 Å². The molecule has 2 aromatic carbocycles. The number of halogens is 1. The Bertz CT molecular complexity index is 1190. The molecule has 33 heavy (non-hydrogen) atoms. The molecule has 0 unspecified atom stereocenters. The molecule has 2 aliphatic rings. The number of benzene rings is 2. The molecule has 5 rings (SSSR count). The third-order valence-corrected chi connectivity index (χ3v) is 6.62. The molecule has 1 aliphatic heterocycles. The van der Waals surface area contributed by atoms with Crippen molar-refractivity contribution in [2.24, 2.45) is 0 Å². The summed E-state index contributed by atoms with van der Waals surface area (Å²) >= 11 is 0. The number of fused-ring (bicyclic) bond motifs is 1. The molecule has 6 nitrogen and oxygen atoms in total. The van der Waals surface area contributed by atoms with Gasteiger partial charge in [0.05, 0.1) is 18.2 Å². The van der Waals surface area contributed by atoms with E-state index < -0.39 is 11.7 Å². The monoisotopic (exact) mass is 449 g/mol. The van der Waals surface area contributed by atoms with E-state index in [4.69, 9.17) is 9.47 Å². The number of rotatable bonds is 7. The molecule has 0 radical (unpaired) electrons. The Balaban J connectivity index is 1.37. The van der Waals surface area contributed by atoms with E-state index in [0.717, 1.165) is 40.6 Å². The van der Waals surface area contributed by atoms with Crippen LogP contribution in [0.15, 0.2) is 48.7 Å². The second-order valence-electron chi connectivity index (χ2n) is 9.01. The van der Waals surface area contributed by atoms with Crippen LogP contribution in [0.1, 0.15) is 40.7 Å². The molecular formula is C26H28FN3O3. The Kier molecular flexibility index (Phi) is 5.66. The van der Waals surface area contributed by atoms with Gasteiger partial charge in [0.1, 0.15) is 24.3 Å². The van der Waals surface area contributed by atoms with Gasteiger partial charge in [-0.25, -0.2) is 4.39 Å². The first-order chi connectivity index (χ1) is 16.0. The maximum absolute atomic E-state index is 13.4. The van der Waals surface area contributed by atoms with E-state index >= 15 is 0 Å². The van der Waals surface area contributed by atoms with Gasteiger partial charge in [-0.2, -0.15) is 0 Å². The molecule has 2 N–H and O–H groups in total.